The van der Waals surface area contributed by atoms with E-state index in [-0.39, 0.29) is 5.69 Å². The molecule has 0 N–H and O–H groups in total. The normalized spacial score (nSPS) is 12.1. The molecule has 24 heavy (non-hydrogen) atoms. The second-order valence-electron chi connectivity index (χ2n) is 5.43. The summed E-state index contributed by atoms with van der Waals surface area (Å²) in [5, 5.41) is 0. The van der Waals surface area contributed by atoms with Gasteiger partial charge in [-0.25, -0.2) is 14.8 Å². The van der Waals surface area contributed by atoms with Gasteiger partial charge in [-0.2, -0.15) is 0 Å². The van der Waals surface area contributed by atoms with Crippen molar-refractivity contribution in [2.75, 3.05) is 6.61 Å². The number of allylic oxidation sites excluding steroid dienone is 1. The van der Waals surface area contributed by atoms with Crippen LogP contribution < -0.4 is 0 Å². The summed E-state index contributed by atoms with van der Waals surface area (Å²) in [6, 6.07) is 3.83. The van der Waals surface area contributed by atoms with Crippen LogP contribution in [0.1, 0.15) is 61.8 Å². The van der Waals surface area contributed by atoms with E-state index in [9.17, 15) is 4.79 Å². The number of ether oxygens (including phenoxy) is 1. The Kier molecular flexibility index (Phi) is 6.73. The van der Waals surface area contributed by atoms with Crippen LogP contribution in [0.2, 0.25) is 0 Å². The molecule has 0 radical (unpaired) electrons. The molecule has 0 saturated carbocycles. The zero-order valence-electron chi connectivity index (χ0n) is 14.5. The SMILES string of the molecule is CCCC.CCOC(=O)c1coc(-c2ccc3c(n2)CCC=C3)n1. The fourth-order valence-electron chi connectivity index (χ4n) is 2.10. The quantitative estimate of drug-likeness (QED) is 0.762. The van der Waals surface area contributed by atoms with E-state index in [0.29, 0.717) is 18.2 Å². The number of hydrogen-bond acceptors (Lipinski definition) is 5. The first kappa shape index (κ1) is 17.9. The highest BCUT2D eigenvalue weighted by Gasteiger charge is 2.16. The monoisotopic (exact) mass is 328 g/mol. The number of oxazole rings is 1. The third kappa shape index (κ3) is 4.54. The highest BCUT2D eigenvalue weighted by Crippen LogP contribution is 2.23. The van der Waals surface area contributed by atoms with E-state index in [2.05, 4.69) is 36.0 Å². The number of nitrogens with zero attached hydrogens (tertiary/aromatic N) is 2. The van der Waals surface area contributed by atoms with E-state index in [0.717, 1.165) is 24.1 Å². The van der Waals surface area contributed by atoms with Gasteiger partial charge in [0.1, 0.15) is 12.0 Å². The average Bonchev–Trinajstić information content (AvgIpc) is 3.12. The molecule has 5 nitrogen and oxygen atoms in total. The minimum atomic E-state index is -0.483. The molecule has 2 heterocycles. The zero-order chi connectivity index (χ0) is 17.4. The number of rotatable bonds is 4. The van der Waals surface area contributed by atoms with Crippen molar-refractivity contribution in [3.05, 3.63) is 41.4 Å². The van der Waals surface area contributed by atoms with Gasteiger partial charge in [-0.3, -0.25) is 0 Å². The zero-order valence-corrected chi connectivity index (χ0v) is 14.5. The molecule has 0 fully saturated rings. The van der Waals surface area contributed by atoms with Gasteiger partial charge in [-0.1, -0.05) is 44.9 Å². The largest absolute Gasteiger partial charge is 0.461 e. The minimum absolute atomic E-state index is 0.168. The maximum atomic E-state index is 11.5. The first-order valence-electron chi connectivity index (χ1n) is 8.49. The first-order chi connectivity index (χ1) is 11.7. The molecule has 0 aliphatic heterocycles. The van der Waals surface area contributed by atoms with Crippen molar-refractivity contribution in [2.45, 2.75) is 46.5 Å². The standard InChI is InChI=1S/C15H14N2O3.C4H10/c1-2-19-15(18)13-9-20-14(17-13)12-8-7-10-5-3-4-6-11(10)16-12;1-3-4-2/h3,5,7-9H,2,4,6H2,1H3;3-4H2,1-2H3. The smallest absolute Gasteiger partial charge is 0.360 e. The number of aromatic nitrogens is 2. The summed E-state index contributed by atoms with van der Waals surface area (Å²) in [4.78, 5) is 20.2. The van der Waals surface area contributed by atoms with E-state index in [1.165, 1.54) is 19.1 Å². The number of esters is 1. The number of aryl methyl sites for hydroxylation is 1. The van der Waals surface area contributed by atoms with Gasteiger partial charge in [0.2, 0.25) is 5.89 Å². The number of carbonyl (C=O) groups excluding carboxylic acids is 1. The Morgan fingerprint density at radius 2 is 2.00 bits per heavy atom. The number of hydrogen-bond donors (Lipinski definition) is 0. The summed E-state index contributed by atoms with van der Waals surface area (Å²) in [6.07, 6.45) is 10.0. The molecule has 0 spiro atoms. The molecule has 1 aliphatic carbocycles. The second-order valence-corrected chi connectivity index (χ2v) is 5.43. The summed E-state index contributed by atoms with van der Waals surface area (Å²) < 4.78 is 10.2. The summed E-state index contributed by atoms with van der Waals surface area (Å²) >= 11 is 0. The molecule has 2 aromatic heterocycles. The van der Waals surface area contributed by atoms with Crippen LogP contribution in [0.5, 0.6) is 0 Å². The summed E-state index contributed by atoms with van der Waals surface area (Å²) in [5.41, 5.74) is 2.95. The van der Waals surface area contributed by atoms with Gasteiger partial charge in [0.25, 0.3) is 0 Å². The Balaban J connectivity index is 0.000000471. The fraction of sp³-hybridized carbons (Fsp3) is 0.421. The molecule has 0 saturated heterocycles. The molecule has 3 rings (SSSR count). The van der Waals surface area contributed by atoms with E-state index in [1.807, 2.05) is 12.1 Å². The maximum Gasteiger partial charge on any atom is 0.360 e. The van der Waals surface area contributed by atoms with Crippen molar-refractivity contribution in [2.24, 2.45) is 0 Å². The van der Waals surface area contributed by atoms with Crippen molar-refractivity contribution < 1.29 is 13.9 Å². The third-order valence-corrected chi connectivity index (χ3v) is 3.56. The van der Waals surface area contributed by atoms with E-state index in [1.54, 1.807) is 6.92 Å². The molecule has 0 unspecified atom stereocenters. The Morgan fingerprint density at radius 1 is 1.21 bits per heavy atom. The molecule has 0 bridgehead atoms. The van der Waals surface area contributed by atoms with Crippen molar-refractivity contribution in [1.82, 2.24) is 9.97 Å². The lowest BCUT2D eigenvalue weighted by Gasteiger charge is -2.09. The number of unbranched alkanes of at least 4 members (excludes halogenated alkanes) is 1. The lowest BCUT2D eigenvalue weighted by atomic mass is 10.0. The predicted octanol–water partition coefficient (Wildman–Crippen LogP) is 4.68. The van der Waals surface area contributed by atoms with Gasteiger partial charge in [0.05, 0.1) is 6.61 Å². The van der Waals surface area contributed by atoms with Gasteiger partial charge in [0, 0.05) is 5.69 Å². The second kappa shape index (κ2) is 9.01. The third-order valence-electron chi connectivity index (χ3n) is 3.56. The van der Waals surface area contributed by atoms with Crippen LogP contribution in [0.4, 0.5) is 0 Å². The van der Waals surface area contributed by atoms with Crippen LogP contribution in [0.15, 0.2) is 28.9 Å². The topological polar surface area (TPSA) is 65.2 Å². The predicted molar refractivity (Wildman–Crippen MR) is 93.6 cm³/mol. The van der Waals surface area contributed by atoms with Gasteiger partial charge in [-0.05, 0) is 31.4 Å². The Labute approximate surface area is 142 Å². The van der Waals surface area contributed by atoms with Gasteiger partial charge < -0.3 is 9.15 Å². The molecule has 128 valence electrons. The van der Waals surface area contributed by atoms with Crippen LogP contribution in [-0.2, 0) is 11.2 Å². The molecular weight excluding hydrogens is 304 g/mol. The molecule has 2 aromatic rings. The minimum Gasteiger partial charge on any atom is -0.461 e. The Bertz CT molecular complexity index is 702. The van der Waals surface area contributed by atoms with Crippen LogP contribution in [0.3, 0.4) is 0 Å². The van der Waals surface area contributed by atoms with E-state index < -0.39 is 5.97 Å². The van der Waals surface area contributed by atoms with Crippen LogP contribution >= 0.6 is 0 Å². The van der Waals surface area contributed by atoms with Crippen LogP contribution in [-0.4, -0.2) is 22.5 Å². The van der Waals surface area contributed by atoms with E-state index >= 15 is 0 Å². The van der Waals surface area contributed by atoms with Gasteiger partial charge in [-0.15, -0.1) is 0 Å². The van der Waals surface area contributed by atoms with E-state index in [4.69, 9.17) is 9.15 Å². The van der Waals surface area contributed by atoms with Gasteiger partial charge in [0.15, 0.2) is 5.69 Å². The van der Waals surface area contributed by atoms with Crippen molar-refractivity contribution in [1.29, 1.82) is 0 Å². The Morgan fingerprint density at radius 3 is 2.71 bits per heavy atom. The number of carbonyl (C=O) groups is 1. The summed E-state index contributed by atoms with van der Waals surface area (Å²) in [5.74, 6) is -0.145. The van der Waals surface area contributed by atoms with Crippen molar-refractivity contribution in [3.8, 4) is 11.6 Å². The van der Waals surface area contributed by atoms with Crippen molar-refractivity contribution >= 4 is 12.0 Å². The summed E-state index contributed by atoms with van der Waals surface area (Å²) in [7, 11) is 0. The maximum absolute atomic E-state index is 11.5. The lowest BCUT2D eigenvalue weighted by Crippen LogP contribution is -2.05. The molecule has 0 amide bonds. The highest BCUT2D eigenvalue weighted by atomic mass is 16.5. The number of fused-ring (bicyclic) bond motifs is 1. The fourth-order valence-corrected chi connectivity index (χ4v) is 2.10. The van der Waals surface area contributed by atoms with Crippen LogP contribution in [0, 0.1) is 0 Å². The molecule has 0 aromatic carbocycles. The lowest BCUT2D eigenvalue weighted by molar-refractivity contribution is 0.0519. The first-order valence-corrected chi connectivity index (χ1v) is 8.49. The number of pyridine rings is 1. The molecule has 1 aliphatic rings. The van der Waals surface area contributed by atoms with Crippen molar-refractivity contribution in [3.63, 3.8) is 0 Å². The van der Waals surface area contributed by atoms with Gasteiger partial charge >= 0.3 is 5.97 Å². The molecule has 5 heteroatoms. The molecular formula is C19H24N2O3. The average molecular weight is 328 g/mol. The van der Waals surface area contributed by atoms with Crippen LogP contribution in [0.25, 0.3) is 17.7 Å². The Hall–Kier alpha value is -2.43. The summed E-state index contributed by atoms with van der Waals surface area (Å²) in [6.45, 7) is 6.42. The molecule has 0 atom stereocenters. The highest BCUT2D eigenvalue weighted by molar-refractivity contribution is 5.87.